The summed E-state index contributed by atoms with van der Waals surface area (Å²) in [6.45, 7) is 3.35. The van der Waals surface area contributed by atoms with E-state index in [1.54, 1.807) is 11.8 Å². The molecule has 1 aromatic rings. The van der Waals surface area contributed by atoms with E-state index in [1.165, 1.54) is 29.7 Å². The highest BCUT2D eigenvalue weighted by Gasteiger charge is 2.38. The van der Waals surface area contributed by atoms with Gasteiger partial charge in [-0.3, -0.25) is 0 Å². The smallest absolute Gasteiger partial charge is 0.0328 e. The van der Waals surface area contributed by atoms with Gasteiger partial charge in [-0.25, -0.2) is 0 Å². The molecule has 0 radical (unpaired) electrons. The van der Waals surface area contributed by atoms with Crippen molar-refractivity contribution in [2.75, 3.05) is 26.9 Å². The van der Waals surface area contributed by atoms with E-state index in [-0.39, 0.29) is 0 Å². The monoisotopic (exact) mass is 278 g/mol. The number of rotatable bonds is 6. The van der Waals surface area contributed by atoms with Crippen LogP contribution in [0.15, 0.2) is 29.2 Å². The summed E-state index contributed by atoms with van der Waals surface area (Å²) in [7, 11) is 4.41. The molecule has 0 amide bonds. The molecule has 1 aliphatic carbocycles. The molecule has 2 nitrogen and oxygen atoms in total. The van der Waals surface area contributed by atoms with Crippen LogP contribution in [0.1, 0.15) is 37.8 Å². The van der Waals surface area contributed by atoms with Crippen molar-refractivity contribution in [3.63, 3.8) is 0 Å². The van der Waals surface area contributed by atoms with Crippen LogP contribution in [0.25, 0.3) is 0 Å². The zero-order chi connectivity index (χ0) is 13.9. The lowest BCUT2D eigenvalue weighted by molar-refractivity contribution is 0.0576. The van der Waals surface area contributed by atoms with E-state index in [0.717, 1.165) is 6.54 Å². The standard InChI is InChI=1S/C16H26N2S/c1-13(14-6-8-15(19-4)9-7-14)17-12-16(18(2)3)10-5-11-16/h6-9,13,17H,5,10-12H2,1-4H3. The number of nitrogens with one attached hydrogen (secondary N) is 1. The maximum absolute atomic E-state index is 3.71. The van der Waals surface area contributed by atoms with Crippen molar-refractivity contribution in [1.29, 1.82) is 0 Å². The molecule has 0 spiro atoms. The molecule has 2 rings (SSSR count). The van der Waals surface area contributed by atoms with Gasteiger partial charge >= 0.3 is 0 Å². The van der Waals surface area contributed by atoms with Crippen LogP contribution in [0.5, 0.6) is 0 Å². The van der Waals surface area contributed by atoms with Crippen molar-refractivity contribution in [3.8, 4) is 0 Å². The Hall–Kier alpha value is -0.510. The lowest BCUT2D eigenvalue weighted by atomic mass is 9.75. The first-order valence-corrected chi connectivity index (χ1v) is 8.35. The largest absolute Gasteiger partial charge is 0.308 e. The number of benzene rings is 1. The third kappa shape index (κ3) is 3.33. The fraction of sp³-hybridized carbons (Fsp3) is 0.625. The van der Waals surface area contributed by atoms with Gasteiger partial charge in [-0.15, -0.1) is 11.8 Å². The number of nitrogens with zero attached hydrogens (tertiary/aromatic N) is 1. The van der Waals surface area contributed by atoms with Gasteiger partial charge < -0.3 is 10.2 Å². The SMILES string of the molecule is CSc1ccc(C(C)NCC2(N(C)C)CCC2)cc1. The molecule has 1 aliphatic rings. The predicted octanol–water partition coefficient (Wildman–Crippen LogP) is 3.54. The summed E-state index contributed by atoms with van der Waals surface area (Å²) in [6.07, 6.45) is 6.14. The van der Waals surface area contributed by atoms with Crippen LogP contribution in [-0.2, 0) is 0 Å². The van der Waals surface area contributed by atoms with Crippen LogP contribution >= 0.6 is 11.8 Å². The summed E-state index contributed by atoms with van der Waals surface area (Å²) in [5.74, 6) is 0. The molecule has 0 aromatic heterocycles. The van der Waals surface area contributed by atoms with Gasteiger partial charge in [-0.1, -0.05) is 12.1 Å². The highest BCUT2D eigenvalue weighted by molar-refractivity contribution is 7.98. The van der Waals surface area contributed by atoms with E-state index in [9.17, 15) is 0 Å². The van der Waals surface area contributed by atoms with Gasteiger partial charge in [0.15, 0.2) is 0 Å². The minimum absolute atomic E-state index is 0.396. The topological polar surface area (TPSA) is 15.3 Å². The van der Waals surface area contributed by atoms with Gasteiger partial charge in [0.05, 0.1) is 0 Å². The summed E-state index contributed by atoms with van der Waals surface area (Å²) in [5.41, 5.74) is 1.78. The molecule has 1 unspecified atom stereocenters. The molecule has 1 atom stereocenters. The maximum atomic E-state index is 3.71. The number of thioether (sulfide) groups is 1. The highest BCUT2D eigenvalue weighted by atomic mass is 32.2. The minimum atomic E-state index is 0.396. The van der Waals surface area contributed by atoms with Crippen LogP contribution in [0.4, 0.5) is 0 Å². The third-order valence-corrected chi connectivity index (χ3v) is 5.33. The Labute approximate surface area is 122 Å². The molecule has 0 aliphatic heterocycles. The zero-order valence-corrected chi connectivity index (χ0v) is 13.4. The van der Waals surface area contributed by atoms with Crippen LogP contribution in [0.2, 0.25) is 0 Å². The fourth-order valence-corrected chi connectivity index (χ4v) is 3.13. The lowest BCUT2D eigenvalue weighted by Crippen LogP contribution is -2.56. The summed E-state index contributed by atoms with van der Waals surface area (Å²) in [4.78, 5) is 3.73. The van der Waals surface area contributed by atoms with E-state index in [1.807, 2.05) is 0 Å². The molecule has 1 fully saturated rings. The zero-order valence-electron chi connectivity index (χ0n) is 12.6. The van der Waals surface area contributed by atoms with Crippen molar-refractivity contribution < 1.29 is 0 Å². The summed E-state index contributed by atoms with van der Waals surface area (Å²) < 4.78 is 0. The van der Waals surface area contributed by atoms with Crippen LogP contribution in [0, 0.1) is 0 Å². The fourth-order valence-electron chi connectivity index (χ4n) is 2.72. The maximum Gasteiger partial charge on any atom is 0.0328 e. The van der Waals surface area contributed by atoms with E-state index < -0.39 is 0 Å². The molecule has 1 aromatic carbocycles. The van der Waals surface area contributed by atoms with Gasteiger partial charge in [-0.2, -0.15) is 0 Å². The quantitative estimate of drug-likeness (QED) is 0.801. The molecule has 19 heavy (non-hydrogen) atoms. The van der Waals surface area contributed by atoms with Gasteiger partial charge in [0.1, 0.15) is 0 Å². The first kappa shape index (κ1) is 14.9. The predicted molar refractivity (Wildman–Crippen MR) is 84.9 cm³/mol. The number of hydrogen-bond acceptors (Lipinski definition) is 3. The average Bonchev–Trinajstić information content (AvgIpc) is 2.37. The van der Waals surface area contributed by atoms with Gasteiger partial charge in [-0.05, 0) is 64.2 Å². The average molecular weight is 278 g/mol. The van der Waals surface area contributed by atoms with E-state index in [2.05, 4.69) is 61.8 Å². The molecule has 0 saturated heterocycles. The second-order valence-corrected chi connectivity index (χ2v) is 6.73. The Kier molecular flexibility index (Phi) is 4.93. The van der Waals surface area contributed by atoms with E-state index in [4.69, 9.17) is 0 Å². The number of likely N-dealkylation sites (N-methyl/N-ethyl adjacent to an activating group) is 1. The molecular formula is C16H26N2S. The van der Waals surface area contributed by atoms with Crippen molar-refractivity contribution in [1.82, 2.24) is 10.2 Å². The first-order chi connectivity index (χ1) is 9.07. The summed E-state index contributed by atoms with van der Waals surface area (Å²) >= 11 is 1.80. The van der Waals surface area contributed by atoms with Crippen molar-refractivity contribution in [2.45, 2.75) is 42.7 Å². The second-order valence-electron chi connectivity index (χ2n) is 5.85. The molecule has 3 heteroatoms. The molecule has 1 saturated carbocycles. The van der Waals surface area contributed by atoms with Crippen LogP contribution in [0.3, 0.4) is 0 Å². The minimum Gasteiger partial charge on any atom is -0.308 e. The Morgan fingerprint density at radius 2 is 1.89 bits per heavy atom. The third-order valence-electron chi connectivity index (χ3n) is 4.59. The van der Waals surface area contributed by atoms with Crippen molar-refractivity contribution in [3.05, 3.63) is 29.8 Å². The van der Waals surface area contributed by atoms with E-state index in [0.29, 0.717) is 11.6 Å². The first-order valence-electron chi connectivity index (χ1n) is 7.12. The summed E-state index contributed by atoms with van der Waals surface area (Å²) in [5, 5.41) is 3.71. The van der Waals surface area contributed by atoms with Crippen LogP contribution < -0.4 is 5.32 Å². The van der Waals surface area contributed by atoms with Crippen molar-refractivity contribution in [2.24, 2.45) is 0 Å². The Morgan fingerprint density at radius 3 is 2.32 bits per heavy atom. The summed E-state index contributed by atoms with van der Waals surface area (Å²) in [6, 6.07) is 9.33. The van der Waals surface area contributed by atoms with Gasteiger partial charge in [0.2, 0.25) is 0 Å². The normalized spacial score (nSPS) is 19.2. The highest BCUT2D eigenvalue weighted by Crippen LogP contribution is 2.36. The second kappa shape index (κ2) is 6.29. The molecular weight excluding hydrogens is 252 g/mol. The Bertz CT molecular complexity index is 396. The van der Waals surface area contributed by atoms with Gasteiger partial charge in [0.25, 0.3) is 0 Å². The van der Waals surface area contributed by atoms with Crippen molar-refractivity contribution >= 4 is 11.8 Å². The number of hydrogen-bond donors (Lipinski definition) is 1. The molecule has 1 N–H and O–H groups in total. The van der Waals surface area contributed by atoms with E-state index >= 15 is 0 Å². The Morgan fingerprint density at radius 1 is 1.26 bits per heavy atom. The molecule has 106 valence electrons. The molecule has 0 heterocycles. The lowest BCUT2D eigenvalue weighted by Gasteiger charge is -2.48. The van der Waals surface area contributed by atoms with Gasteiger partial charge in [0, 0.05) is 23.0 Å². The Balaban J connectivity index is 1.91. The van der Waals surface area contributed by atoms with Crippen LogP contribution in [-0.4, -0.2) is 37.3 Å². The molecule has 0 bridgehead atoms.